The van der Waals surface area contributed by atoms with Crippen molar-refractivity contribution < 1.29 is 14.7 Å². The van der Waals surface area contributed by atoms with Crippen LogP contribution in [0.5, 0.6) is 0 Å². The number of benzene rings is 1. The van der Waals surface area contributed by atoms with Crippen LogP contribution in [0.2, 0.25) is 0 Å². The van der Waals surface area contributed by atoms with Crippen molar-refractivity contribution in [3.63, 3.8) is 0 Å². The van der Waals surface area contributed by atoms with Gasteiger partial charge in [-0.05, 0) is 38.7 Å². The first-order valence-corrected chi connectivity index (χ1v) is 7.25. The van der Waals surface area contributed by atoms with Crippen molar-refractivity contribution in [2.75, 3.05) is 0 Å². The second kappa shape index (κ2) is 6.74. The van der Waals surface area contributed by atoms with Gasteiger partial charge in [-0.1, -0.05) is 43.7 Å². The number of rotatable bonds is 6. The topological polar surface area (TPSA) is 66.4 Å². The third-order valence-electron chi connectivity index (χ3n) is 3.65. The molecule has 0 bridgehead atoms. The summed E-state index contributed by atoms with van der Waals surface area (Å²) < 4.78 is 0. The maximum Gasteiger partial charge on any atom is 0.326 e. The molecule has 0 saturated carbocycles. The standard InChI is InChI=1S/C17H25NO3/c1-11(2)10-14(15(19)20)18-16(21)17(4,5)13-8-6-12(3)7-9-13/h6-9,11,14H,10H2,1-5H3,(H,18,21)(H,19,20)/t14-/m1/s1. The maximum absolute atomic E-state index is 12.5. The molecule has 1 aromatic carbocycles. The van der Waals surface area contributed by atoms with Gasteiger partial charge in [0.05, 0.1) is 5.41 Å². The Hall–Kier alpha value is -1.84. The fourth-order valence-electron chi connectivity index (χ4n) is 2.13. The summed E-state index contributed by atoms with van der Waals surface area (Å²) in [6.45, 7) is 9.48. The number of nitrogens with one attached hydrogen (secondary N) is 1. The third kappa shape index (κ3) is 4.59. The summed E-state index contributed by atoms with van der Waals surface area (Å²) in [5, 5.41) is 11.9. The summed E-state index contributed by atoms with van der Waals surface area (Å²) in [4.78, 5) is 23.7. The summed E-state index contributed by atoms with van der Waals surface area (Å²) in [7, 11) is 0. The minimum Gasteiger partial charge on any atom is -0.480 e. The third-order valence-corrected chi connectivity index (χ3v) is 3.65. The van der Waals surface area contributed by atoms with Crippen molar-refractivity contribution in [1.82, 2.24) is 5.32 Å². The Balaban J connectivity index is 2.89. The number of amides is 1. The molecule has 0 aliphatic heterocycles. The molecule has 1 amide bonds. The van der Waals surface area contributed by atoms with Crippen LogP contribution in [0.3, 0.4) is 0 Å². The molecule has 116 valence electrons. The van der Waals surface area contributed by atoms with Gasteiger partial charge in [-0.25, -0.2) is 4.79 Å². The lowest BCUT2D eigenvalue weighted by Gasteiger charge is -2.27. The second-order valence-corrected chi connectivity index (χ2v) is 6.48. The predicted molar refractivity (Wildman–Crippen MR) is 83.2 cm³/mol. The molecule has 0 unspecified atom stereocenters. The van der Waals surface area contributed by atoms with E-state index in [0.29, 0.717) is 6.42 Å². The summed E-state index contributed by atoms with van der Waals surface area (Å²) in [6.07, 6.45) is 0.422. The molecule has 0 aliphatic rings. The lowest BCUT2D eigenvalue weighted by Crippen LogP contribution is -2.48. The van der Waals surface area contributed by atoms with E-state index in [-0.39, 0.29) is 11.8 Å². The molecule has 1 aromatic rings. The van der Waals surface area contributed by atoms with Crippen LogP contribution in [-0.2, 0) is 15.0 Å². The Kier molecular flexibility index (Phi) is 5.53. The van der Waals surface area contributed by atoms with E-state index in [4.69, 9.17) is 0 Å². The van der Waals surface area contributed by atoms with Crippen LogP contribution in [0.25, 0.3) is 0 Å². The molecule has 21 heavy (non-hydrogen) atoms. The summed E-state index contributed by atoms with van der Waals surface area (Å²) in [5.74, 6) is -1.05. The molecule has 0 fully saturated rings. The van der Waals surface area contributed by atoms with Crippen molar-refractivity contribution >= 4 is 11.9 Å². The predicted octanol–water partition coefficient (Wildman–Crippen LogP) is 2.89. The largest absolute Gasteiger partial charge is 0.480 e. The van der Waals surface area contributed by atoms with Crippen LogP contribution in [-0.4, -0.2) is 23.0 Å². The summed E-state index contributed by atoms with van der Waals surface area (Å²) in [6, 6.07) is 6.88. The number of hydrogen-bond donors (Lipinski definition) is 2. The lowest BCUT2D eigenvalue weighted by molar-refractivity contribution is -0.143. The Morgan fingerprint density at radius 2 is 1.71 bits per heavy atom. The molecular formula is C17H25NO3. The van der Waals surface area contributed by atoms with Crippen LogP contribution >= 0.6 is 0 Å². The minimum absolute atomic E-state index is 0.203. The highest BCUT2D eigenvalue weighted by atomic mass is 16.4. The van der Waals surface area contributed by atoms with Crippen LogP contribution in [0.15, 0.2) is 24.3 Å². The second-order valence-electron chi connectivity index (χ2n) is 6.48. The van der Waals surface area contributed by atoms with E-state index >= 15 is 0 Å². The molecule has 2 N–H and O–H groups in total. The van der Waals surface area contributed by atoms with Crippen molar-refractivity contribution in [2.45, 2.75) is 52.5 Å². The number of carbonyl (C=O) groups excluding carboxylic acids is 1. The van der Waals surface area contributed by atoms with E-state index < -0.39 is 17.4 Å². The smallest absolute Gasteiger partial charge is 0.326 e. The van der Waals surface area contributed by atoms with Crippen LogP contribution in [0, 0.1) is 12.8 Å². The first kappa shape index (κ1) is 17.2. The Labute approximate surface area is 126 Å². The van der Waals surface area contributed by atoms with E-state index in [1.807, 2.05) is 45.0 Å². The van der Waals surface area contributed by atoms with Gasteiger partial charge >= 0.3 is 5.97 Å². The molecule has 1 rings (SSSR count). The molecule has 0 aromatic heterocycles. The number of aryl methyl sites for hydroxylation is 1. The Morgan fingerprint density at radius 3 is 2.14 bits per heavy atom. The quantitative estimate of drug-likeness (QED) is 0.847. The van der Waals surface area contributed by atoms with Crippen LogP contribution in [0.4, 0.5) is 0 Å². The van der Waals surface area contributed by atoms with Gasteiger partial charge in [-0.2, -0.15) is 0 Å². The van der Waals surface area contributed by atoms with Crippen molar-refractivity contribution in [1.29, 1.82) is 0 Å². The number of aliphatic carboxylic acids is 1. The Morgan fingerprint density at radius 1 is 1.19 bits per heavy atom. The van der Waals surface area contributed by atoms with Gasteiger partial charge in [0.2, 0.25) is 5.91 Å². The van der Waals surface area contributed by atoms with E-state index in [1.165, 1.54) is 0 Å². The summed E-state index contributed by atoms with van der Waals surface area (Å²) in [5.41, 5.74) is 1.23. The fourth-order valence-corrected chi connectivity index (χ4v) is 2.13. The van der Waals surface area contributed by atoms with E-state index in [9.17, 15) is 14.7 Å². The highest BCUT2D eigenvalue weighted by Gasteiger charge is 2.33. The molecule has 4 nitrogen and oxygen atoms in total. The molecule has 0 aliphatic carbocycles. The minimum atomic E-state index is -0.989. The van der Waals surface area contributed by atoms with Crippen molar-refractivity contribution in [2.24, 2.45) is 5.92 Å². The zero-order valence-corrected chi connectivity index (χ0v) is 13.4. The first-order valence-electron chi connectivity index (χ1n) is 7.25. The molecule has 0 radical (unpaired) electrons. The average Bonchev–Trinajstić information content (AvgIpc) is 2.37. The average molecular weight is 291 g/mol. The Bertz CT molecular complexity index is 503. The van der Waals surface area contributed by atoms with Gasteiger partial charge in [0.15, 0.2) is 0 Å². The van der Waals surface area contributed by atoms with Crippen LogP contribution < -0.4 is 5.32 Å². The van der Waals surface area contributed by atoms with E-state index in [1.54, 1.807) is 13.8 Å². The van der Waals surface area contributed by atoms with Gasteiger partial charge in [0.1, 0.15) is 6.04 Å². The first-order chi connectivity index (χ1) is 9.64. The molecule has 0 saturated heterocycles. The number of hydrogen-bond acceptors (Lipinski definition) is 2. The number of carboxylic acid groups (broad SMARTS) is 1. The number of carbonyl (C=O) groups is 2. The van der Waals surface area contributed by atoms with Gasteiger partial charge in [-0.3, -0.25) is 4.79 Å². The maximum atomic E-state index is 12.5. The van der Waals surface area contributed by atoms with Gasteiger partial charge in [0, 0.05) is 0 Å². The van der Waals surface area contributed by atoms with E-state index in [2.05, 4.69) is 5.32 Å². The highest BCUT2D eigenvalue weighted by Crippen LogP contribution is 2.24. The number of carboxylic acids is 1. The zero-order valence-electron chi connectivity index (χ0n) is 13.4. The molecule has 0 spiro atoms. The SMILES string of the molecule is Cc1ccc(C(C)(C)C(=O)N[C@H](CC(C)C)C(=O)O)cc1. The van der Waals surface area contributed by atoms with Crippen LogP contribution in [0.1, 0.15) is 45.2 Å². The lowest BCUT2D eigenvalue weighted by atomic mass is 9.83. The fraction of sp³-hybridized carbons (Fsp3) is 0.529. The zero-order chi connectivity index (χ0) is 16.2. The van der Waals surface area contributed by atoms with E-state index in [0.717, 1.165) is 11.1 Å². The molecule has 4 heteroatoms. The highest BCUT2D eigenvalue weighted by molar-refractivity contribution is 5.90. The van der Waals surface area contributed by atoms with Gasteiger partial charge in [-0.15, -0.1) is 0 Å². The summed E-state index contributed by atoms with van der Waals surface area (Å²) >= 11 is 0. The molecule has 1 atom stereocenters. The van der Waals surface area contributed by atoms with Gasteiger partial charge < -0.3 is 10.4 Å². The molecule has 0 heterocycles. The normalized spacial score (nSPS) is 13.0. The monoisotopic (exact) mass is 291 g/mol. The van der Waals surface area contributed by atoms with Crippen molar-refractivity contribution in [3.05, 3.63) is 35.4 Å². The molecular weight excluding hydrogens is 266 g/mol. The van der Waals surface area contributed by atoms with Gasteiger partial charge in [0.25, 0.3) is 0 Å². The van der Waals surface area contributed by atoms with Crippen molar-refractivity contribution in [3.8, 4) is 0 Å².